The van der Waals surface area contributed by atoms with Crippen LogP contribution in [0.2, 0.25) is 0 Å². The fourth-order valence-corrected chi connectivity index (χ4v) is 6.95. The normalized spacial score (nSPS) is 31.7. The largest absolute Gasteiger partial charge is 0.326 e. The molecule has 3 aliphatic rings. The molecule has 2 saturated carbocycles. The minimum Gasteiger partial charge on any atom is -0.326 e. The Balaban J connectivity index is 1.44. The lowest BCUT2D eigenvalue weighted by Gasteiger charge is -2.21. The Bertz CT molecular complexity index is 541. The lowest BCUT2D eigenvalue weighted by atomic mass is 9.88. The first-order valence-electron chi connectivity index (χ1n) is 7.93. The Morgan fingerprint density at radius 1 is 1.14 bits per heavy atom. The molecule has 4 heteroatoms. The van der Waals surface area contributed by atoms with Gasteiger partial charge in [0.2, 0.25) is 5.91 Å². The van der Waals surface area contributed by atoms with Gasteiger partial charge in [0.05, 0.1) is 4.58 Å². The van der Waals surface area contributed by atoms with Crippen molar-refractivity contribution in [3.05, 3.63) is 29.8 Å². The number of hydrogen-bond acceptors (Lipinski definition) is 3. The lowest BCUT2D eigenvalue weighted by molar-refractivity contribution is -0.121. The van der Waals surface area contributed by atoms with Gasteiger partial charge in [-0.1, -0.05) is 18.6 Å². The second-order valence-corrected chi connectivity index (χ2v) is 9.19. The molecule has 1 amide bonds. The van der Waals surface area contributed by atoms with Crippen molar-refractivity contribution >= 4 is 35.1 Å². The molecule has 4 rings (SSSR count). The predicted octanol–water partition coefficient (Wildman–Crippen LogP) is 4.54. The Labute approximate surface area is 134 Å². The van der Waals surface area contributed by atoms with Gasteiger partial charge in [0.25, 0.3) is 0 Å². The van der Waals surface area contributed by atoms with Crippen LogP contribution in [0.4, 0.5) is 5.69 Å². The number of anilines is 1. The number of carbonyl (C=O) groups excluding carboxylic acids is 1. The maximum absolute atomic E-state index is 12.5. The molecule has 1 N–H and O–H groups in total. The first-order chi connectivity index (χ1) is 10.3. The molecule has 2 nitrogen and oxygen atoms in total. The number of hydrogen-bond donors (Lipinski definition) is 1. The van der Waals surface area contributed by atoms with Gasteiger partial charge in [-0.2, -0.15) is 0 Å². The molecule has 0 aromatic heterocycles. The maximum Gasteiger partial charge on any atom is 0.227 e. The topological polar surface area (TPSA) is 29.1 Å². The molecule has 1 heterocycles. The number of carbonyl (C=O) groups is 1. The van der Waals surface area contributed by atoms with Gasteiger partial charge in [-0.05, 0) is 48.8 Å². The maximum atomic E-state index is 12.5. The van der Waals surface area contributed by atoms with Crippen LogP contribution in [0.15, 0.2) is 24.3 Å². The summed E-state index contributed by atoms with van der Waals surface area (Å²) in [5, 5.41) is 3.18. The van der Waals surface area contributed by atoms with E-state index >= 15 is 0 Å². The Kier molecular flexibility index (Phi) is 3.92. The molecular weight excluding hydrogens is 298 g/mol. The molecule has 21 heavy (non-hydrogen) atoms. The molecule has 0 radical (unpaired) electrons. The molecule has 2 bridgehead atoms. The molecule has 2 aliphatic carbocycles. The van der Waals surface area contributed by atoms with Gasteiger partial charge in [-0.15, -0.1) is 23.5 Å². The Morgan fingerprint density at radius 3 is 2.71 bits per heavy atom. The SMILES string of the molecule is O=C(Nc1cccc(C2SCCS2)c1)C1CC2CCC1C2. The zero-order valence-electron chi connectivity index (χ0n) is 12.1. The van der Waals surface area contributed by atoms with Crippen molar-refractivity contribution in [2.75, 3.05) is 16.8 Å². The third kappa shape index (κ3) is 2.85. The summed E-state index contributed by atoms with van der Waals surface area (Å²) in [6.45, 7) is 0. The minimum atomic E-state index is 0.256. The van der Waals surface area contributed by atoms with E-state index in [2.05, 4.69) is 23.5 Å². The Morgan fingerprint density at radius 2 is 2.00 bits per heavy atom. The highest BCUT2D eigenvalue weighted by Gasteiger charge is 2.43. The van der Waals surface area contributed by atoms with Crippen molar-refractivity contribution in [2.24, 2.45) is 17.8 Å². The number of benzene rings is 1. The summed E-state index contributed by atoms with van der Waals surface area (Å²) in [6.07, 6.45) is 5.01. The summed E-state index contributed by atoms with van der Waals surface area (Å²) in [4.78, 5) is 12.5. The number of amides is 1. The van der Waals surface area contributed by atoms with E-state index in [1.165, 1.54) is 36.3 Å². The summed E-state index contributed by atoms with van der Waals surface area (Å²) in [6, 6.07) is 8.45. The molecule has 1 aromatic carbocycles. The van der Waals surface area contributed by atoms with Crippen molar-refractivity contribution in [3.63, 3.8) is 0 Å². The van der Waals surface area contributed by atoms with Gasteiger partial charge in [0, 0.05) is 23.1 Å². The molecule has 1 aromatic rings. The van der Waals surface area contributed by atoms with Crippen molar-refractivity contribution in [2.45, 2.75) is 30.3 Å². The second-order valence-electron chi connectivity index (χ2n) is 6.47. The third-order valence-corrected chi connectivity index (χ3v) is 8.23. The average Bonchev–Trinajstić information content (AvgIpc) is 3.24. The van der Waals surface area contributed by atoms with E-state index < -0.39 is 0 Å². The number of rotatable bonds is 3. The number of nitrogens with one attached hydrogen (secondary N) is 1. The summed E-state index contributed by atoms with van der Waals surface area (Å²) >= 11 is 4.02. The average molecular weight is 319 g/mol. The zero-order valence-corrected chi connectivity index (χ0v) is 13.7. The van der Waals surface area contributed by atoms with Gasteiger partial charge in [0.15, 0.2) is 0 Å². The van der Waals surface area contributed by atoms with Gasteiger partial charge in [0.1, 0.15) is 0 Å². The first-order valence-corrected chi connectivity index (χ1v) is 10.0. The summed E-state index contributed by atoms with van der Waals surface area (Å²) < 4.78 is 0.546. The van der Waals surface area contributed by atoms with Crippen molar-refractivity contribution < 1.29 is 4.79 Å². The van der Waals surface area contributed by atoms with Gasteiger partial charge in [-0.25, -0.2) is 0 Å². The van der Waals surface area contributed by atoms with Crippen LogP contribution in [-0.4, -0.2) is 17.4 Å². The van der Waals surface area contributed by atoms with Crippen molar-refractivity contribution in [3.8, 4) is 0 Å². The summed E-state index contributed by atoms with van der Waals surface area (Å²) in [7, 11) is 0. The fourth-order valence-electron chi connectivity index (χ4n) is 4.11. The van der Waals surface area contributed by atoms with E-state index in [0.29, 0.717) is 10.5 Å². The highest BCUT2D eigenvalue weighted by Crippen LogP contribution is 2.49. The quantitative estimate of drug-likeness (QED) is 0.887. The fraction of sp³-hybridized carbons (Fsp3) is 0.588. The van der Waals surface area contributed by atoms with Crippen LogP contribution >= 0.6 is 23.5 Å². The van der Waals surface area contributed by atoms with E-state index in [1.807, 2.05) is 29.6 Å². The molecule has 3 atom stereocenters. The van der Waals surface area contributed by atoms with Crippen molar-refractivity contribution in [1.29, 1.82) is 0 Å². The molecule has 1 saturated heterocycles. The molecule has 112 valence electrons. The molecular formula is C17H21NOS2. The van der Waals surface area contributed by atoms with Crippen LogP contribution in [0.1, 0.15) is 35.8 Å². The van der Waals surface area contributed by atoms with E-state index in [0.717, 1.165) is 18.0 Å². The lowest BCUT2D eigenvalue weighted by Crippen LogP contribution is -2.27. The van der Waals surface area contributed by atoms with Crippen LogP contribution < -0.4 is 5.32 Å². The van der Waals surface area contributed by atoms with E-state index in [9.17, 15) is 4.79 Å². The smallest absolute Gasteiger partial charge is 0.227 e. The standard InChI is InChI=1S/C17H21NOS2/c19-16(15-9-11-4-5-12(15)8-11)18-14-3-1-2-13(10-14)17-20-6-7-21-17/h1-3,10-12,15,17H,4-9H2,(H,18,19). The summed E-state index contributed by atoms with van der Waals surface area (Å²) in [5.41, 5.74) is 2.32. The van der Waals surface area contributed by atoms with Crippen LogP contribution in [0.25, 0.3) is 0 Å². The third-order valence-electron chi connectivity index (χ3n) is 5.12. The van der Waals surface area contributed by atoms with Gasteiger partial charge < -0.3 is 5.32 Å². The van der Waals surface area contributed by atoms with E-state index in [-0.39, 0.29) is 11.8 Å². The highest BCUT2D eigenvalue weighted by molar-refractivity contribution is 8.19. The molecule has 3 unspecified atom stereocenters. The number of fused-ring (bicyclic) bond motifs is 2. The zero-order chi connectivity index (χ0) is 14.2. The van der Waals surface area contributed by atoms with E-state index in [4.69, 9.17) is 0 Å². The number of thioether (sulfide) groups is 2. The van der Waals surface area contributed by atoms with E-state index in [1.54, 1.807) is 0 Å². The highest BCUT2D eigenvalue weighted by atomic mass is 32.2. The first kappa shape index (κ1) is 14.0. The predicted molar refractivity (Wildman–Crippen MR) is 91.7 cm³/mol. The van der Waals surface area contributed by atoms with Gasteiger partial charge in [-0.3, -0.25) is 4.79 Å². The van der Waals surface area contributed by atoms with Crippen molar-refractivity contribution in [1.82, 2.24) is 0 Å². The van der Waals surface area contributed by atoms with Crippen LogP contribution in [-0.2, 0) is 4.79 Å². The molecule has 1 aliphatic heterocycles. The van der Waals surface area contributed by atoms with Crippen LogP contribution in [0.3, 0.4) is 0 Å². The second kappa shape index (κ2) is 5.88. The minimum absolute atomic E-state index is 0.256. The van der Waals surface area contributed by atoms with Crippen LogP contribution in [0.5, 0.6) is 0 Å². The van der Waals surface area contributed by atoms with Gasteiger partial charge >= 0.3 is 0 Å². The Hall–Kier alpha value is -0.610. The summed E-state index contributed by atoms with van der Waals surface area (Å²) in [5.74, 6) is 4.46. The van der Waals surface area contributed by atoms with Crippen LogP contribution in [0, 0.1) is 17.8 Å². The molecule has 3 fully saturated rings. The monoisotopic (exact) mass is 319 g/mol. The molecule has 0 spiro atoms.